The Kier molecular flexibility index (Phi) is 4.06. The molecule has 0 unspecified atom stereocenters. The Labute approximate surface area is 130 Å². The SMILES string of the molecule is CS(=O)(=O)c1ccc(N2CCC(c3ncccn3)CC2)nc1. The predicted molar refractivity (Wildman–Crippen MR) is 83.6 cm³/mol. The van der Waals surface area contributed by atoms with Gasteiger partial charge in [-0.1, -0.05) is 0 Å². The number of anilines is 1. The van der Waals surface area contributed by atoms with E-state index in [0.29, 0.717) is 5.92 Å². The van der Waals surface area contributed by atoms with E-state index in [1.165, 1.54) is 12.5 Å². The molecule has 1 fully saturated rings. The van der Waals surface area contributed by atoms with Gasteiger partial charge in [0.25, 0.3) is 0 Å². The Morgan fingerprint density at radius 1 is 1.09 bits per heavy atom. The molecule has 2 aromatic rings. The molecule has 0 amide bonds. The van der Waals surface area contributed by atoms with Crippen molar-refractivity contribution < 1.29 is 8.42 Å². The third-order valence-corrected chi connectivity index (χ3v) is 5.02. The molecule has 0 spiro atoms. The standard InChI is InChI=1S/C15H18N4O2S/c1-22(20,21)13-3-4-14(18-11-13)19-9-5-12(6-10-19)15-16-7-2-8-17-15/h2-4,7-8,11-12H,5-6,9-10H2,1H3. The monoisotopic (exact) mass is 318 g/mol. The summed E-state index contributed by atoms with van der Waals surface area (Å²) in [5.74, 6) is 2.11. The van der Waals surface area contributed by atoms with Crippen molar-refractivity contribution in [3.05, 3.63) is 42.6 Å². The molecule has 1 aliphatic rings. The van der Waals surface area contributed by atoms with Gasteiger partial charge in [0, 0.05) is 43.9 Å². The summed E-state index contributed by atoms with van der Waals surface area (Å²) in [6.45, 7) is 1.74. The summed E-state index contributed by atoms with van der Waals surface area (Å²) in [6, 6.07) is 5.21. The highest BCUT2D eigenvalue weighted by Gasteiger charge is 2.23. The van der Waals surface area contributed by atoms with Gasteiger partial charge in [-0.3, -0.25) is 0 Å². The Balaban J connectivity index is 1.66. The molecule has 3 heterocycles. The molecule has 0 N–H and O–H groups in total. The maximum absolute atomic E-state index is 11.5. The number of piperidine rings is 1. The van der Waals surface area contributed by atoms with Crippen molar-refractivity contribution in [3.8, 4) is 0 Å². The molecule has 0 bridgehead atoms. The zero-order valence-corrected chi connectivity index (χ0v) is 13.2. The second-order valence-electron chi connectivity index (χ2n) is 5.49. The van der Waals surface area contributed by atoms with Crippen LogP contribution in [0.2, 0.25) is 0 Å². The number of hydrogen-bond acceptors (Lipinski definition) is 6. The first kappa shape index (κ1) is 14.9. The third kappa shape index (κ3) is 3.24. The molecule has 1 saturated heterocycles. The highest BCUT2D eigenvalue weighted by atomic mass is 32.2. The van der Waals surface area contributed by atoms with Crippen molar-refractivity contribution in [1.29, 1.82) is 0 Å². The van der Waals surface area contributed by atoms with Crippen LogP contribution in [0.1, 0.15) is 24.6 Å². The smallest absolute Gasteiger partial charge is 0.177 e. The van der Waals surface area contributed by atoms with E-state index < -0.39 is 9.84 Å². The summed E-state index contributed by atoms with van der Waals surface area (Å²) >= 11 is 0. The summed E-state index contributed by atoms with van der Waals surface area (Å²) in [5, 5.41) is 0. The number of nitrogens with zero attached hydrogens (tertiary/aromatic N) is 4. The lowest BCUT2D eigenvalue weighted by Crippen LogP contribution is -2.33. The van der Waals surface area contributed by atoms with Crippen LogP contribution in [0.3, 0.4) is 0 Å². The molecule has 116 valence electrons. The molecule has 7 heteroatoms. The van der Waals surface area contributed by atoms with Gasteiger partial charge in [-0.05, 0) is 31.0 Å². The van der Waals surface area contributed by atoms with Gasteiger partial charge < -0.3 is 4.90 Å². The van der Waals surface area contributed by atoms with Gasteiger partial charge in [-0.25, -0.2) is 23.4 Å². The van der Waals surface area contributed by atoms with Gasteiger partial charge in [0.2, 0.25) is 0 Å². The van der Waals surface area contributed by atoms with Gasteiger partial charge in [-0.15, -0.1) is 0 Å². The highest BCUT2D eigenvalue weighted by molar-refractivity contribution is 7.90. The second-order valence-corrected chi connectivity index (χ2v) is 7.51. The van der Waals surface area contributed by atoms with Crippen molar-refractivity contribution in [2.24, 2.45) is 0 Å². The second kappa shape index (κ2) is 6.00. The zero-order chi connectivity index (χ0) is 15.6. The molecule has 0 radical (unpaired) electrons. The van der Waals surface area contributed by atoms with Crippen LogP contribution in [0, 0.1) is 0 Å². The van der Waals surface area contributed by atoms with E-state index >= 15 is 0 Å². The van der Waals surface area contributed by atoms with Crippen molar-refractivity contribution in [3.63, 3.8) is 0 Å². The van der Waals surface area contributed by atoms with Crippen molar-refractivity contribution in [2.75, 3.05) is 24.2 Å². The van der Waals surface area contributed by atoms with E-state index in [-0.39, 0.29) is 4.90 Å². The van der Waals surface area contributed by atoms with E-state index in [9.17, 15) is 8.42 Å². The number of hydrogen-bond donors (Lipinski definition) is 0. The van der Waals surface area contributed by atoms with E-state index in [4.69, 9.17) is 0 Å². The molecule has 0 aliphatic carbocycles. The fraction of sp³-hybridized carbons (Fsp3) is 0.400. The molecule has 0 atom stereocenters. The van der Waals surface area contributed by atoms with Crippen LogP contribution in [0.4, 0.5) is 5.82 Å². The van der Waals surface area contributed by atoms with Gasteiger partial charge >= 0.3 is 0 Å². The van der Waals surface area contributed by atoms with E-state index in [2.05, 4.69) is 19.9 Å². The topological polar surface area (TPSA) is 76.1 Å². The van der Waals surface area contributed by atoms with E-state index in [0.717, 1.165) is 37.6 Å². The lowest BCUT2D eigenvalue weighted by Gasteiger charge is -2.32. The minimum atomic E-state index is -3.19. The van der Waals surface area contributed by atoms with Crippen molar-refractivity contribution in [1.82, 2.24) is 15.0 Å². The van der Waals surface area contributed by atoms with Crippen LogP contribution < -0.4 is 4.90 Å². The Bertz CT molecular complexity index is 724. The molecule has 0 aromatic carbocycles. The average molecular weight is 318 g/mol. The molecular weight excluding hydrogens is 300 g/mol. The summed E-state index contributed by atoms with van der Waals surface area (Å²) in [7, 11) is -3.19. The molecular formula is C15H18N4O2S. The normalized spacial score (nSPS) is 16.7. The molecule has 0 saturated carbocycles. The summed E-state index contributed by atoms with van der Waals surface area (Å²) in [5.41, 5.74) is 0. The van der Waals surface area contributed by atoms with E-state index in [1.54, 1.807) is 24.5 Å². The Morgan fingerprint density at radius 2 is 1.77 bits per heavy atom. The summed E-state index contributed by atoms with van der Waals surface area (Å²) in [4.78, 5) is 15.4. The van der Waals surface area contributed by atoms with Crippen molar-refractivity contribution in [2.45, 2.75) is 23.7 Å². The molecule has 3 rings (SSSR count). The first-order valence-electron chi connectivity index (χ1n) is 7.22. The fourth-order valence-electron chi connectivity index (χ4n) is 2.67. The van der Waals surface area contributed by atoms with Gasteiger partial charge in [0.15, 0.2) is 9.84 Å². The first-order valence-corrected chi connectivity index (χ1v) is 9.11. The maximum Gasteiger partial charge on any atom is 0.177 e. The maximum atomic E-state index is 11.5. The molecule has 6 nitrogen and oxygen atoms in total. The molecule has 2 aromatic heterocycles. The minimum Gasteiger partial charge on any atom is -0.357 e. The number of rotatable bonds is 3. The lowest BCUT2D eigenvalue weighted by atomic mass is 9.96. The predicted octanol–water partition coefficient (Wildman–Crippen LogP) is 1.66. The van der Waals surface area contributed by atoms with Gasteiger partial charge in [0.05, 0.1) is 4.90 Å². The lowest BCUT2D eigenvalue weighted by molar-refractivity contribution is 0.483. The zero-order valence-electron chi connectivity index (χ0n) is 12.4. The van der Waals surface area contributed by atoms with Crippen LogP contribution in [-0.4, -0.2) is 42.7 Å². The van der Waals surface area contributed by atoms with Crippen LogP contribution in [0.5, 0.6) is 0 Å². The number of aromatic nitrogens is 3. The summed E-state index contributed by atoms with van der Waals surface area (Å²) < 4.78 is 22.9. The summed E-state index contributed by atoms with van der Waals surface area (Å²) in [6.07, 6.45) is 8.12. The highest BCUT2D eigenvalue weighted by Crippen LogP contribution is 2.27. The van der Waals surface area contributed by atoms with Crippen LogP contribution in [-0.2, 0) is 9.84 Å². The van der Waals surface area contributed by atoms with Crippen LogP contribution in [0.15, 0.2) is 41.7 Å². The van der Waals surface area contributed by atoms with Gasteiger partial charge in [0.1, 0.15) is 11.6 Å². The van der Waals surface area contributed by atoms with E-state index in [1.807, 2.05) is 6.07 Å². The van der Waals surface area contributed by atoms with Crippen LogP contribution in [0.25, 0.3) is 0 Å². The third-order valence-electron chi connectivity index (χ3n) is 3.92. The molecule has 1 aliphatic heterocycles. The number of pyridine rings is 1. The van der Waals surface area contributed by atoms with Gasteiger partial charge in [-0.2, -0.15) is 0 Å². The largest absolute Gasteiger partial charge is 0.357 e. The molecule has 22 heavy (non-hydrogen) atoms. The average Bonchev–Trinajstić information content (AvgIpc) is 2.55. The minimum absolute atomic E-state index is 0.254. The van der Waals surface area contributed by atoms with Crippen LogP contribution >= 0.6 is 0 Å². The first-order chi connectivity index (χ1) is 10.5. The fourth-order valence-corrected chi connectivity index (χ4v) is 3.23. The van der Waals surface area contributed by atoms with Crippen molar-refractivity contribution >= 4 is 15.7 Å². The Hall–Kier alpha value is -2.02. The quantitative estimate of drug-likeness (QED) is 0.856. The Morgan fingerprint density at radius 3 is 2.32 bits per heavy atom. The number of sulfone groups is 1.